The quantitative estimate of drug-likeness (QED) is 0.344. The van der Waals surface area contributed by atoms with Crippen molar-refractivity contribution >= 4 is 31.6 Å². The van der Waals surface area contributed by atoms with Gasteiger partial charge in [0.15, 0.2) is 9.84 Å². The third kappa shape index (κ3) is 8.09. The highest BCUT2D eigenvalue weighted by atomic mass is 32.2. The van der Waals surface area contributed by atoms with Crippen LogP contribution in [0, 0.1) is 0 Å². The molecule has 0 aliphatic heterocycles. The van der Waals surface area contributed by atoms with Crippen LogP contribution >= 0.6 is 0 Å². The molecule has 38 heavy (non-hydrogen) atoms. The number of carbonyl (C=O) groups is 1. The maximum absolute atomic E-state index is 13.4. The van der Waals surface area contributed by atoms with Crippen LogP contribution in [-0.2, 0) is 31.3 Å². The largest absolute Gasteiger partial charge is 0.325 e. The number of amides is 1. The summed E-state index contributed by atoms with van der Waals surface area (Å²) in [5.74, 6) is -0.616. The lowest BCUT2D eigenvalue weighted by Gasteiger charge is -2.21. The first kappa shape index (κ1) is 29.2. The summed E-state index contributed by atoms with van der Waals surface area (Å²) in [5, 5.41) is 3.92. The van der Waals surface area contributed by atoms with Gasteiger partial charge in [0.05, 0.1) is 4.90 Å². The number of sulfone groups is 1. The predicted molar refractivity (Wildman–Crippen MR) is 151 cm³/mol. The van der Waals surface area contributed by atoms with Gasteiger partial charge in [-0.25, -0.2) is 8.42 Å². The van der Waals surface area contributed by atoms with Crippen LogP contribution in [0.4, 0.5) is 5.69 Å². The molecule has 0 spiro atoms. The minimum absolute atomic E-state index is 0.0231. The number of nitrogens with one attached hydrogen (secondary N) is 2. The summed E-state index contributed by atoms with van der Waals surface area (Å²) in [5.41, 5.74) is 2.36. The van der Waals surface area contributed by atoms with Crippen molar-refractivity contribution in [1.29, 1.82) is 0 Å². The molecule has 0 saturated heterocycles. The number of carbonyl (C=O) groups excluding carboxylic acids is 1. The van der Waals surface area contributed by atoms with Crippen molar-refractivity contribution in [2.45, 2.75) is 37.1 Å². The maximum Gasteiger partial charge on any atom is 0.279 e. The third-order valence-electron chi connectivity index (χ3n) is 5.71. The number of benzene rings is 3. The highest BCUT2D eigenvalue weighted by molar-refractivity contribution is 7.94. The number of nitrogens with zero attached hydrogens (tertiary/aromatic N) is 1. The average molecular weight is 556 g/mol. The Bertz CT molecular complexity index is 1470. The van der Waals surface area contributed by atoms with Crippen molar-refractivity contribution in [1.82, 2.24) is 9.03 Å². The molecule has 0 aromatic heterocycles. The van der Waals surface area contributed by atoms with E-state index < -0.39 is 32.0 Å². The van der Waals surface area contributed by atoms with Gasteiger partial charge in [0.25, 0.3) is 10.2 Å². The summed E-state index contributed by atoms with van der Waals surface area (Å²) in [6, 6.07) is 21.7. The second kappa shape index (κ2) is 13.0. The van der Waals surface area contributed by atoms with Crippen LogP contribution < -0.4 is 10.0 Å². The van der Waals surface area contributed by atoms with Crippen LogP contribution in [0.2, 0.25) is 0 Å². The van der Waals surface area contributed by atoms with Crippen LogP contribution in [-0.4, -0.2) is 47.2 Å². The summed E-state index contributed by atoms with van der Waals surface area (Å²) in [6.07, 6.45) is 3.13. The van der Waals surface area contributed by atoms with E-state index in [4.69, 9.17) is 0 Å². The van der Waals surface area contributed by atoms with Gasteiger partial charge in [-0.2, -0.15) is 17.4 Å². The number of anilines is 1. The monoisotopic (exact) mass is 555 g/mol. The summed E-state index contributed by atoms with van der Waals surface area (Å²) < 4.78 is 54.7. The van der Waals surface area contributed by atoms with Crippen LogP contribution in [0.25, 0.3) is 11.1 Å². The molecule has 3 rings (SSSR count). The third-order valence-corrected chi connectivity index (χ3v) is 8.70. The van der Waals surface area contributed by atoms with Crippen molar-refractivity contribution in [2.75, 3.05) is 19.4 Å². The first-order valence-corrected chi connectivity index (χ1v) is 15.2. The maximum atomic E-state index is 13.4. The van der Waals surface area contributed by atoms with Crippen molar-refractivity contribution in [3.63, 3.8) is 0 Å². The van der Waals surface area contributed by atoms with Gasteiger partial charge in [-0.05, 0) is 47.7 Å². The summed E-state index contributed by atoms with van der Waals surface area (Å²) in [7, 11) is -4.98. The molecule has 0 saturated carbocycles. The summed E-state index contributed by atoms with van der Waals surface area (Å²) in [4.78, 5) is 13.4. The first-order valence-electron chi connectivity index (χ1n) is 12.2. The van der Waals surface area contributed by atoms with Gasteiger partial charge in [0.2, 0.25) is 5.91 Å². The van der Waals surface area contributed by atoms with Crippen molar-refractivity contribution < 1.29 is 21.6 Å². The first-order chi connectivity index (χ1) is 18.0. The fourth-order valence-corrected chi connectivity index (χ4v) is 5.51. The number of hydrogen-bond acceptors (Lipinski definition) is 5. The lowest BCUT2D eigenvalue weighted by Crippen LogP contribution is -2.49. The Balaban J connectivity index is 2.01. The molecule has 3 aromatic carbocycles. The molecule has 0 bridgehead atoms. The lowest BCUT2D eigenvalue weighted by atomic mass is 10.0. The number of unbranched alkanes of at least 4 members (excludes halogenated alkanes) is 1. The SMILES string of the molecule is CCC/C=C/S(=O)(=O)c1cc(NC(=O)C(Cc2ccccc2)NS(=O)(=O)N(C)C)cc(-c2ccccc2)c1. The van der Waals surface area contributed by atoms with Crippen molar-refractivity contribution in [3.05, 3.63) is 95.9 Å². The Hall–Kier alpha value is -3.31. The van der Waals surface area contributed by atoms with Gasteiger partial charge in [0, 0.05) is 25.2 Å². The van der Waals surface area contributed by atoms with E-state index in [1.807, 2.05) is 43.3 Å². The molecule has 0 fully saturated rings. The van der Waals surface area contributed by atoms with Crippen molar-refractivity contribution in [3.8, 4) is 11.1 Å². The number of hydrogen-bond donors (Lipinski definition) is 2. The fraction of sp³-hybridized carbons (Fsp3) is 0.250. The van der Waals surface area contributed by atoms with Crippen LogP contribution in [0.1, 0.15) is 25.3 Å². The fourth-order valence-electron chi connectivity index (χ4n) is 3.62. The van der Waals surface area contributed by atoms with Gasteiger partial charge in [-0.1, -0.05) is 80.1 Å². The average Bonchev–Trinajstić information content (AvgIpc) is 2.89. The van der Waals surface area contributed by atoms with E-state index in [1.165, 1.54) is 25.6 Å². The Morgan fingerprint density at radius 2 is 1.53 bits per heavy atom. The number of allylic oxidation sites excluding steroid dienone is 1. The van der Waals surface area contributed by atoms with Gasteiger partial charge >= 0.3 is 0 Å². The second-order valence-electron chi connectivity index (χ2n) is 8.95. The Kier molecular flexibility index (Phi) is 9.98. The molecule has 3 aromatic rings. The second-order valence-corrected chi connectivity index (χ2v) is 12.7. The minimum Gasteiger partial charge on any atom is -0.325 e. The highest BCUT2D eigenvalue weighted by Gasteiger charge is 2.27. The van der Waals surface area contributed by atoms with E-state index in [0.717, 1.165) is 21.9 Å². The van der Waals surface area contributed by atoms with E-state index in [9.17, 15) is 21.6 Å². The van der Waals surface area contributed by atoms with Crippen molar-refractivity contribution in [2.24, 2.45) is 0 Å². The molecule has 0 radical (unpaired) electrons. The normalized spacial score (nSPS) is 13.1. The molecule has 0 heterocycles. The Labute approximate surface area is 225 Å². The van der Waals surface area contributed by atoms with Gasteiger partial charge in [-0.15, -0.1) is 0 Å². The van der Waals surface area contributed by atoms with E-state index in [1.54, 1.807) is 42.5 Å². The zero-order valence-electron chi connectivity index (χ0n) is 21.7. The lowest BCUT2D eigenvalue weighted by molar-refractivity contribution is -0.117. The Morgan fingerprint density at radius 1 is 0.895 bits per heavy atom. The highest BCUT2D eigenvalue weighted by Crippen LogP contribution is 2.28. The van der Waals surface area contributed by atoms with E-state index in [0.29, 0.717) is 12.0 Å². The molecule has 1 amide bonds. The Morgan fingerprint density at radius 3 is 2.13 bits per heavy atom. The van der Waals surface area contributed by atoms with E-state index >= 15 is 0 Å². The molecule has 0 aliphatic rings. The van der Waals surface area contributed by atoms with Crippen LogP contribution in [0.3, 0.4) is 0 Å². The minimum atomic E-state index is -3.93. The zero-order valence-corrected chi connectivity index (χ0v) is 23.3. The van der Waals surface area contributed by atoms with Crippen LogP contribution in [0.15, 0.2) is 95.2 Å². The molecular weight excluding hydrogens is 522 g/mol. The standard InChI is InChI=1S/C28H33N3O5S2/c1-4-5-12-17-37(33,34)26-20-24(23-15-10-7-11-16-23)19-25(21-26)29-28(32)27(30-38(35,36)31(2)3)18-22-13-8-6-9-14-22/h6-17,19-21,27,30H,4-5,18H2,1-3H3,(H,29,32)/b17-12+. The molecule has 1 atom stereocenters. The molecule has 10 heteroatoms. The van der Waals surface area contributed by atoms with Crippen LogP contribution in [0.5, 0.6) is 0 Å². The smallest absolute Gasteiger partial charge is 0.279 e. The van der Waals surface area contributed by atoms with E-state index in [2.05, 4.69) is 10.0 Å². The van der Waals surface area contributed by atoms with Gasteiger partial charge in [0.1, 0.15) is 6.04 Å². The molecule has 202 valence electrons. The van der Waals surface area contributed by atoms with Gasteiger partial charge < -0.3 is 5.32 Å². The molecule has 2 N–H and O–H groups in total. The zero-order chi connectivity index (χ0) is 27.8. The topological polar surface area (TPSA) is 113 Å². The summed E-state index contributed by atoms with van der Waals surface area (Å²) >= 11 is 0. The summed E-state index contributed by atoms with van der Waals surface area (Å²) in [6.45, 7) is 1.96. The molecule has 8 nitrogen and oxygen atoms in total. The number of rotatable bonds is 12. The van der Waals surface area contributed by atoms with E-state index in [-0.39, 0.29) is 17.0 Å². The molecule has 0 aliphatic carbocycles. The molecular formula is C28H33N3O5S2. The predicted octanol–water partition coefficient (Wildman–Crippen LogP) is 4.39. The molecule has 1 unspecified atom stereocenters. The van der Waals surface area contributed by atoms with Gasteiger partial charge in [-0.3, -0.25) is 4.79 Å².